The quantitative estimate of drug-likeness (QED) is 0.706. The topological polar surface area (TPSA) is 23.8 Å². The third kappa shape index (κ3) is 1.94. The Morgan fingerprint density at radius 1 is 1.00 bits per heavy atom. The summed E-state index contributed by atoms with van der Waals surface area (Å²) in [7, 11) is 0. The lowest BCUT2D eigenvalue weighted by Gasteiger charge is -2.03. The predicted molar refractivity (Wildman–Crippen MR) is 61.3 cm³/mol. The van der Waals surface area contributed by atoms with Crippen molar-refractivity contribution in [1.29, 1.82) is 5.26 Å². The number of hydrogen-bond acceptors (Lipinski definition) is 1. The molecule has 1 nitrogen and oxygen atoms in total. The molecular formula is C14H10FN. The molecule has 0 N–H and O–H groups in total. The SMILES string of the molecule is Cc1ccc(-c2ccc(C#N)cc2)cc1F. The van der Waals surface area contributed by atoms with Crippen LogP contribution in [0.5, 0.6) is 0 Å². The van der Waals surface area contributed by atoms with Crippen molar-refractivity contribution in [2.45, 2.75) is 6.92 Å². The molecule has 0 spiro atoms. The third-order valence-electron chi connectivity index (χ3n) is 2.52. The molecule has 0 aliphatic rings. The molecule has 16 heavy (non-hydrogen) atoms. The van der Waals surface area contributed by atoms with Crippen molar-refractivity contribution in [2.24, 2.45) is 0 Å². The van der Waals surface area contributed by atoms with Crippen LogP contribution in [0.4, 0.5) is 4.39 Å². The number of benzene rings is 2. The van der Waals surface area contributed by atoms with E-state index in [1.165, 1.54) is 6.07 Å². The van der Waals surface area contributed by atoms with Crippen LogP contribution in [-0.2, 0) is 0 Å². The highest BCUT2D eigenvalue weighted by atomic mass is 19.1. The summed E-state index contributed by atoms with van der Waals surface area (Å²) in [5.74, 6) is -0.207. The van der Waals surface area contributed by atoms with Crippen molar-refractivity contribution >= 4 is 0 Å². The molecule has 0 aliphatic heterocycles. The lowest BCUT2D eigenvalue weighted by atomic mass is 10.0. The summed E-state index contributed by atoms with van der Waals surface area (Å²) in [5.41, 5.74) is 2.99. The molecule has 0 bridgehead atoms. The Balaban J connectivity index is 2.43. The zero-order valence-corrected chi connectivity index (χ0v) is 8.87. The van der Waals surface area contributed by atoms with E-state index >= 15 is 0 Å². The van der Waals surface area contributed by atoms with E-state index in [9.17, 15) is 4.39 Å². The second kappa shape index (κ2) is 4.16. The van der Waals surface area contributed by atoms with Gasteiger partial charge in [-0.1, -0.05) is 24.3 Å². The first-order valence-electron chi connectivity index (χ1n) is 4.97. The van der Waals surface area contributed by atoms with Crippen LogP contribution in [0.1, 0.15) is 11.1 Å². The Bertz CT molecular complexity index is 550. The molecule has 0 aliphatic carbocycles. The van der Waals surface area contributed by atoms with Crippen LogP contribution in [0.15, 0.2) is 42.5 Å². The second-order valence-electron chi connectivity index (χ2n) is 3.65. The zero-order valence-electron chi connectivity index (χ0n) is 8.87. The summed E-state index contributed by atoms with van der Waals surface area (Å²) in [6, 6.07) is 14.3. The molecule has 0 radical (unpaired) electrons. The maximum absolute atomic E-state index is 13.4. The fourth-order valence-electron chi connectivity index (χ4n) is 1.51. The smallest absolute Gasteiger partial charge is 0.126 e. The predicted octanol–water partition coefficient (Wildman–Crippen LogP) is 3.67. The maximum Gasteiger partial charge on any atom is 0.126 e. The summed E-state index contributed by atoms with van der Waals surface area (Å²) in [5, 5.41) is 8.67. The van der Waals surface area contributed by atoms with E-state index in [1.54, 1.807) is 25.1 Å². The highest BCUT2D eigenvalue weighted by Gasteiger charge is 2.01. The van der Waals surface area contributed by atoms with Gasteiger partial charge in [0.05, 0.1) is 11.6 Å². The van der Waals surface area contributed by atoms with Gasteiger partial charge >= 0.3 is 0 Å². The number of nitriles is 1. The van der Waals surface area contributed by atoms with Crippen LogP contribution in [0.25, 0.3) is 11.1 Å². The highest BCUT2D eigenvalue weighted by molar-refractivity contribution is 5.64. The van der Waals surface area contributed by atoms with Crippen LogP contribution in [-0.4, -0.2) is 0 Å². The van der Waals surface area contributed by atoms with Gasteiger partial charge in [0.1, 0.15) is 5.82 Å². The summed E-state index contributed by atoms with van der Waals surface area (Å²) in [6.07, 6.45) is 0. The van der Waals surface area contributed by atoms with Gasteiger partial charge in [0.25, 0.3) is 0 Å². The lowest BCUT2D eigenvalue weighted by Crippen LogP contribution is -1.84. The lowest BCUT2D eigenvalue weighted by molar-refractivity contribution is 0.619. The van der Waals surface area contributed by atoms with Crippen molar-refractivity contribution in [3.8, 4) is 17.2 Å². The molecule has 0 atom stereocenters. The van der Waals surface area contributed by atoms with Gasteiger partial charge in [-0.25, -0.2) is 4.39 Å². The van der Waals surface area contributed by atoms with Crippen LogP contribution in [0.3, 0.4) is 0 Å². The Kier molecular flexibility index (Phi) is 2.70. The van der Waals surface area contributed by atoms with Crippen LogP contribution in [0, 0.1) is 24.1 Å². The van der Waals surface area contributed by atoms with Gasteiger partial charge in [-0.05, 0) is 41.8 Å². The Morgan fingerprint density at radius 3 is 2.19 bits per heavy atom. The molecular weight excluding hydrogens is 201 g/mol. The first-order valence-corrected chi connectivity index (χ1v) is 4.97. The molecule has 2 aromatic rings. The molecule has 0 amide bonds. The van der Waals surface area contributed by atoms with E-state index in [1.807, 2.05) is 18.2 Å². The van der Waals surface area contributed by atoms with Gasteiger partial charge in [0.2, 0.25) is 0 Å². The summed E-state index contributed by atoms with van der Waals surface area (Å²) < 4.78 is 13.4. The molecule has 0 fully saturated rings. The minimum absolute atomic E-state index is 0.207. The molecule has 78 valence electrons. The molecule has 0 heterocycles. The Morgan fingerprint density at radius 2 is 1.62 bits per heavy atom. The molecule has 0 aromatic heterocycles. The van der Waals surface area contributed by atoms with Gasteiger partial charge in [-0.15, -0.1) is 0 Å². The van der Waals surface area contributed by atoms with Crippen LogP contribution in [0.2, 0.25) is 0 Å². The number of nitrogens with zero attached hydrogens (tertiary/aromatic N) is 1. The van der Waals surface area contributed by atoms with E-state index < -0.39 is 0 Å². The van der Waals surface area contributed by atoms with Crippen molar-refractivity contribution in [3.05, 3.63) is 59.4 Å². The standard InChI is InChI=1S/C14H10FN/c1-10-2-5-13(8-14(10)15)12-6-3-11(9-16)4-7-12/h2-8H,1H3. The van der Waals surface area contributed by atoms with Crippen LogP contribution >= 0.6 is 0 Å². The fraction of sp³-hybridized carbons (Fsp3) is 0.0714. The molecule has 0 unspecified atom stereocenters. The molecule has 2 rings (SSSR count). The number of hydrogen-bond donors (Lipinski definition) is 0. The summed E-state index contributed by atoms with van der Waals surface area (Å²) in [4.78, 5) is 0. The highest BCUT2D eigenvalue weighted by Crippen LogP contribution is 2.21. The van der Waals surface area contributed by atoms with Gasteiger partial charge < -0.3 is 0 Å². The Hall–Kier alpha value is -2.14. The number of rotatable bonds is 1. The number of halogens is 1. The average Bonchev–Trinajstić information content (AvgIpc) is 2.33. The number of aryl methyl sites for hydroxylation is 1. The summed E-state index contributed by atoms with van der Waals surface area (Å²) >= 11 is 0. The van der Waals surface area contributed by atoms with Gasteiger partial charge in [0.15, 0.2) is 0 Å². The van der Waals surface area contributed by atoms with E-state index in [0.717, 1.165) is 11.1 Å². The third-order valence-corrected chi connectivity index (χ3v) is 2.52. The maximum atomic E-state index is 13.4. The van der Waals surface area contributed by atoms with Crippen LogP contribution < -0.4 is 0 Å². The van der Waals surface area contributed by atoms with E-state index in [0.29, 0.717) is 11.1 Å². The zero-order chi connectivity index (χ0) is 11.5. The van der Waals surface area contributed by atoms with E-state index in [4.69, 9.17) is 5.26 Å². The van der Waals surface area contributed by atoms with Crippen molar-refractivity contribution < 1.29 is 4.39 Å². The van der Waals surface area contributed by atoms with E-state index in [-0.39, 0.29) is 5.82 Å². The first kappa shape index (κ1) is 10.4. The molecule has 0 saturated carbocycles. The van der Waals surface area contributed by atoms with Gasteiger partial charge in [0, 0.05) is 0 Å². The van der Waals surface area contributed by atoms with E-state index in [2.05, 4.69) is 6.07 Å². The molecule has 2 aromatic carbocycles. The first-order chi connectivity index (χ1) is 7.70. The second-order valence-corrected chi connectivity index (χ2v) is 3.65. The molecule has 0 saturated heterocycles. The monoisotopic (exact) mass is 211 g/mol. The normalized spacial score (nSPS) is 9.81. The van der Waals surface area contributed by atoms with Gasteiger partial charge in [-0.3, -0.25) is 0 Å². The van der Waals surface area contributed by atoms with Crippen molar-refractivity contribution in [1.82, 2.24) is 0 Å². The summed E-state index contributed by atoms with van der Waals surface area (Å²) in [6.45, 7) is 1.73. The van der Waals surface area contributed by atoms with Crippen molar-refractivity contribution in [3.63, 3.8) is 0 Å². The Labute approximate surface area is 93.8 Å². The van der Waals surface area contributed by atoms with Crippen molar-refractivity contribution in [2.75, 3.05) is 0 Å². The fourth-order valence-corrected chi connectivity index (χ4v) is 1.51. The largest absolute Gasteiger partial charge is 0.207 e. The average molecular weight is 211 g/mol. The minimum atomic E-state index is -0.207. The molecule has 2 heteroatoms. The minimum Gasteiger partial charge on any atom is -0.207 e. The van der Waals surface area contributed by atoms with Gasteiger partial charge in [-0.2, -0.15) is 5.26 Å².